The number of aromatic nitrogens is 2. The molecule has 2 aromatic heterocycles. The third kappa shape index (κ3) is 1.80. The number of thiophene rings is 1. The topological polar surface area (TPSA) is 28.7 Å². The molecule has 0 aromatic carbocycles. The number of aromatic amines is 1. The zero-order valence-electron chi connectivity index (χ0n) is 6.45. The van der Waals surface area contributed by atoms with Gasteiger partial charge in [-0.15, -0.1) is 11.3 Å². The van der Waals surface area contributed by atoms with Gasteiger partial charge >= 0.3 is 0 Å². The van der Waals surface area contributed by atoms with E-state index in [1.54, 1.807) is 23.7 Å². The maximum atomic E-state index is 5.96. The van der Waals surface area contributed by atoms with Crippen molar-refractivity contribution in [1.82, 2.24) is 9.97 Å². The van der Waals surface area contributed by atoms with Crippen LogP contribution < -0.4 is 0 Å². The molecule has 13 heavy (non-hydrogen) atoms. The van der Waals surface area contributed by atoms with Gasteiger partial charge in [0.2, 0.25) is 0 Å². The zero-order chi connectivity index (χ0) is 9.26. The number of nitrogens with zero attached hydrogens (tertiary/aromatic N) is 1. The molecule has 2 aromatic rings. The first-order valence-electron chi connectivity index (χ1n) is 3.55. The van der Waals surface area contributed by atoms with Crippen molar-refractivity contribution >= 4 is 35.2 Å². The molecule has 66 valence electrons. The van der Waals surface area contributed by atoms with E-state index in [4.69, 9.17) is 23.8 Å². The lowest BCUT2D eigenvalue weighted by atomic mass is 10.3. The highest BCUT2D eigenvalue weighted by Crippen LogP contribution is 2.30. The first-order valence-corrected chi connectivity index (χ1v) is 5.21. The first kappa shape index (κ1) is 8.87. The Hall–Kier alpha value is -0.710. The SMILES string of the molecule is S=c1cncc(-c2sccc2Cl)[nH]1. The van der Waals surface area contributed by atoms with Crippen LogP contribution in [0.1, 0.15) is 0 Å². The molecule has 2 heterocycles. The van der Waals surface area contributed by atoms with Gasteiger partial charge in [-0.1, -0.05) is 23.8 Å². The number of halogens is 1. The lowest BCUT2D eigenvalue weighted by Gasteiger charge is -1.96. The number of hydrogen-bond acceptors (Lipinski definition) is 3. The van der Waals surface area contributed by atoms with E-state index in [0.717, 1.165) is 15.6 Å². The van der Waals surface area contributed by atoms with Crippen LogP contribution in [0.2, 0.25) is 5.02 Å². The van der Waals surface area contributed by atoms with Crippen molar-refractivity contribution in [3.05, 3.63) is 33.5 Å². The normalized spacial score (nSPS) is 10.2. The lowest BCUT2D eigenvalue weighted by Crippen LogP contribution is -1.82. The Morgan fingerprint density at radius 1 is 1.46 bits per heavy atom. The third-order valence-corrected chi connectivity index (χ3v) is 3.10. The van der Waals surface area contributed by atoms with Crippen LogP contribution in [-0.4, -0.2) is 9.97 Å². The second-order valence-corrected chi connectivity index (χ2v) is 4.17. The highest BCUT2D eigenvalue weighted by molar-refractivity contribution is 7.71. The van der Waals surface area contributed by atoms with Crippen LogP contribution in [0, 0.1) is 4.64 Å². The van der Waals surface area contributed by atoms with Crippen LogP contribution in [0.4, 0.5) is 0 Å². The van der Waals surface area contributed by atoms with Crippen LogP contribution in [0.5, 0.6) is 0 Å². The van der Waals surface area contributed by atoms with E-state index in [-0.39, 0.29) is 0 Å². The van der Waals surface area contributed by atoms with E-state index in [1.165, 1.54) is 0 Å². The highest BCUT2D eigenvalue weighted by atomic mass is 35.5. The summed E-state index contributed by atoms with van der Waals surface area (Å²) in [4.78, 5) is 8.00. The molecule has 0 bridgehead atoms. The summed E-state index contributed by atoms with van der Waals surface area (Å²) in [6, 6.07) is 1.85. The molecule has 2 nitrogen and oxygen atoms in total. The van der Waals surface area contributed by atoms with Gasteiger partial charge in [-0.3, -0.25) is 4.98 Å². The fraction of sp³-hybridized carbons (Fsp3) is 0. The predicted molar refractivity (Wildman–Crippen MR) is 57.7 cm³/mol. The number of hydrogen-bond donors (Lipinski definition) is 1. The minimum atomic E-state index is 0.613. The van der Waals surface area contributed by atoms with Gasteiger partial charge in [-0.2, -0.15) is 0 Å². The molecule has 0 saturated carbocycles. The number of H-pyrrole nitrogens is 1. The van der Waals surface area contributed by atoms with Crippen molar-refractivity contribution < 1.29 is 0 Å². The minimum Gasteiger partial charge on any atom is -0.343 e. The molecule has 5 heteroatoms. The summed E-state index contributed by atoms with van der Waals surface area (Å²) in [5.41, 5.74) is 0.868. The summed E-state index contributed by atoms with van der Waals surface area (Å²) in [6.45, 7) is 0. The van der Waals surface area contributed by atoms with Gasteiger partial charge in [0, 0.05) is 0 Å². The number of rotatable bonds is 1. The van der Waals surface area contributed by atoms with E-state index < -0.39 is 0 Å². The molecule has 0 aliphatic rings. The first-order chi connectivity index (χ1) is 6.27. The van der Waals surface area contributed by atoms with Crippen molar-refractivity contribution in [2.75, 3.05) is 0 Å². The monoisotopic (exact) mass is 228 g/mol. The Morgan fingerprint density at radius 2 is 2.31 bits per heavy atom. The van der Waals surface area contributed by atoms with E-state index in [0.29, 0.717) is 4.64 Å². The summed E-state index contributed by atoms with van der Waals surface area (Å²) < 4.78 is 0.613. The molecular formula is C8H5ClN2S2. The summed E-state index contributed by atoms with van der Waals surface area (Å²) in [5.74, 6) is 0. The standard InChI is InChI=1S/C8H5ClN2S2/c9-5-1-2-13-8(5)6-3-10-4-7(12)11-6/h1-4H,(H,11,12). The summed E-state index contributed by atoms with van der Waals surface area (Å²) in [5, 5.41) is 2.66. The summed E-state index contributed by atoms with van der Waals surface area (Å²) in [6.07, 6.45) is 3.31. The smallest absolute Gasteiger partial charge is 0.122 e. The molecule has 0 unspecified atom stereocenters. The lowest BCUT2D eigenvalue weighted by molar-refractivity contribution is 1.19. The fourth-order valence-electron chi connectivity index (χ4n) is 0.978. The fourth-order valence-corrected chi connectivity index (χ4v) is 2.27. The largest absolute Gasteiger partial charge is 0.343 e. The Balaban J connectivity index is 2.59. The Bertz CT molecular complexity index is 475. The molecular weight excluding hydrogens is 224 g/mol. The second kappa shape index (κ2) is 3.57. The van der Waals surface area contributed by atoms with Crippen LogP contribution in [0.15, 0.2) is 23.8 Å². The van der Waals surface area contributed by atoms with Gasteiger partial charge < -0.3 is 4.98 Å². The molecule has 0 saturated heterocycles. The van der Waals surface area contributed by atoms with E-state index in [9.17, 15) is 0 Å². The maximum Gasteiger partial charge on any atom is 0.122 e. The van der Waals surface area contributed by atoms with Gasteiger partial charge in [-0.25, -0.2) is 0 Å². The zero-order valence-corrected chi connectivity index (χ0v) is 8.84. The molecule has 1 N–H and O–H groups in total. The van der Waals surface area contributed by atoms with Gasteiger partial charge in [0.1, 0.15) is 4.64 Å². The van der Waals surface area contributed by atoms with Crippen molar-refractivity contribution in [3.63, 3.8) is 0 Å². The van der Waals surface area contributed by atoms with E-state index >= 15 is 0 Å². The maximum absolute atomic E-state index is 5.96. The van der Waals surface area contributed by atoms with Gasteiger partial charge in [0.15, 0.2) is 0 Å². The molecule has 0 radical (unpaired) electrons. The molecule has 0 spiro atoms. The molecule has 0 amide bonds. The molecule has 0 atom stereocenters. The number of nitrogens with one attached hydrogen (secondary N) is 1. The Labute approximate surface area is 89.2 Å². The second-order valence-electron chi connectivity index (χ2n) is 2.41. The van der Waals surface area contributed by atoms with Crippen molar-refractivity contribution in [2.45, 2.75) is 0 Å². The van der Waals surface area contributed by atoms with Crippen LogP contribution in [0.3, 0.4) is 0 Å². The minimum absolute atomic E-state index is 0.613. The molecule has 2 rings (SSSR count). The van der Waals surface area contributed by atoms with E-state index in [1.807, 2.05) is 11.4 Å². The summed E-state index contributed by atoms with van der Waals surface area (Å²) in [7, 11) is 0. The van der Waals surface area contributed by atoms with Crippen molar-refractivity contribution in [3.8, 4) is 10.6 Å². The van der Waals surface area contributed by atoms with Crippen LogP contribution in [-0.2, 0) is 0 Å². The van der Waals surface area contributed by atoms with Gasteiger partial charge in [0.05, 0.1) is 28.0 Å². The Morgan fingerprint density at radius 3 is 2.92 bits per heavy atom. The van der Waals surface area contributed by atoms with Gasteiger partial charge in [-0.05, 0) is 11.4 Å². The van der Waals surface area contributed by atoms with Gasteiger partial charge in [0.25, 0.3) is 0 Å². The predicted octanol–water partition coefficient (Wildman–Crippen LogP) is 3.52. The third-order valence-electron chi connectivity index (χ3n) is 1.52. The van der Waals surface area contributed by atoms with Crippen molar-refractivity contribution in [1.29, 1.82) is 0 Å². The highest BCUT2D eigenvalue weighted by Gasteiger charge is 2.04. The Kier molecular flexibility index (Phi) is 2.44. The van der Waals surface area contributed by atoms with Crippen LogP contribution in [0.25, 0.3) is 10.6 Å². The van der Waals surface area contributed by atoms with Crippen LogP contribution >= 0.6 is 35.2 Å². The summed E-state index contributed by atoms with van der Waals surface area (Å²) >= 11 is 12.5. The molecule has 0 aliphatic carbocycles. The average Bonchev–Trinajstić information content (AvgIpc) is 2.51. The quantitative estimate of drug-likeness (QED) is 0.757. The van der Waals surface area contributed by atoms with E-state index in [2.05, 4.69) is 9.97 Å². The molecule has 0 fully saturated rings. The van der Waals surface area contributed by atoms with Crippen molar-refractivity contribution in [2.24, 2.45) is 0 Å². The molecule has 0 aliphatic heterocycles. The average molecular weight is 229 g/mol.